The van der Waals surface area contributed by atoms with Crippen molar-refractivity contribution in [2.75, 3.05) is 0 Å². The van der Waals surface area contributed by atoms with Crippen LogP contribution in [0.3, 0.4) is 0 Å². The molecule has 1 aliphatic rings. The third kappa shape index (κ3) is 3.86. The number of benzene rings is 1. The van der Waals surface area contributed by atoms with Crippen molar-refractivity contribution in [3.63, 3.8) is 0 Å². The van der Waals surface area contributed by atoms with Gasteiger partial charge in [-0.2, -0.15) is 0 Å². The summed E-state index contributed by atoms with van der Waals surface area (Å²) < 4.78 is 13.4. The van der Waals surface area contributed by atoms with Gasteiger partial charge in [0.15, 0.2) is 0 Å². The summed E-state index contributed by atoms with van der Waals surface area (Å²) in [6, 6.07) is 1.91. The highest BCUT2D eigenvalue weighted by molar-refractivity contribution is 6.36. The van der Waals surface area contributed by atoms with Crippen molar-refractivity contribution < 1.29 is 19.1 Å². The Kier molecular flexibility index (Phi) is 5.06. The molecule has 2 N–H and O–H groups in total. The van der Waals surface area contributed by atoms with E-state index in [1.807, 2.05) is 0 Å². The molecule has 4 nitrogen and oxygen atoms in total. The summed E-state index contributed by atoms with van der Waals surface area (Å²) in [4.78, 5) is 23.1. The minimum Gasteiger partial charge on any atom is -0.481 e. The van der Waals surface area contributed by atoms with Gasteiger partial charge < -0.3 is 10.4 Å². The first-order chi connectivity index (χ1) is 9.88. The Balaban J connectivity index is 2.08. The predicted molar refractivity (Wildman–Crippen MR) is 77.3 cm³/mol. The molecule has 114 valence electrons. The summed E-state index contributed by atoms with van der Waals surface area (Å²) in [5.41, 5.74) is -0.00369. The van der Waals surface area contributed by atoms with Gasteiger partial charge in [0.05, 0.1) is 21.5 Å². The highest BCUT2D eigenvalue weighted by Gasteiger charge is 2.28. The fraction of sp³-hybridized carbons (Fsp3) is 0.429. The van der Waals surface area contributed by atoms with Crippen molar-refractivity contribution in [1.29, 1.82) is 0 Å². The summed E-state index contributed by atoms with van der Waals surface area (Å²) in [6.07, 6.45) is 2.40. The number of carboxylic acid groups (broad SMARTS) is 1. The maximum atomic E-state index is 13.4. The number of amides is 1. The molecule has 0 spiro atoms. The highest BCUT2D eigenvalue weighted by Crippen LogP contribution is 2.27. The molecule has 1 fully saturated rings. The lowest BCUT2D eigenvalue weighted by Gasteiger charge is -2.27. The molecule has 7 heteroatoms. The lowest BCUT2D eigenvalue weighted by atomic mass is 9.85. The number of rotatable bonds is 3. The Hall–Kier alpha value is -1.33. The number of nitrogens with one attached hydrogen (secondary N) is 1. The van der Waals surface area contributed by atoms with Crippen molar-refractivity contribution in [3.8, 4) is 0 Å². The fourth-order valence-corrected chi connectivity index (χ4v) is 2.97. The topological polar surface area (TPSA) is 66.4 Å². The van der Waals surface area contributed by atoms with Crippen molar-refractivity contribution in [2.45, 2.75) is 31.7 Å². The number of aliphatic carboxylic acids is 1. The van der Waals surface area contributed by atoms with Gasteiger partial charge in [-0.3, -0.25) is 9.59 Å². The average molecular weight is 334 g/mol. The molecular formula is C14H14Cl2FNO3. The van der Waals surface area contributed by atoms with E-state index >= 15 is 0 Å². The molecule has 21 heavy (non-hydrogen) atoms. The van der Waals surface area contributed by atoms with Crippen LogP contribution in [0, 0.1) is 11.7 Å². The lowest BCUT2D eigenvalue weighted by molar-refractivity contribution is -0.143. The molecule has 0 radical (unpaired) electrons. The maximum absolute atomic E-state index is 13.4. The van der Waals surface area contributed by atoms with E-state index in [1.54, 1.807) is 0 Å². The van der Waals surface area contributed by atoms with Crippen LogP contribution < -0.4 is 5.32 Å². The maximum Gasteiger partial charge on any atom is 0.306 e. The van der Waals surface area contributed by atoms with Gasteiger partial charge in [0.1, 0.15) is 5.82 Å². The van der Waals surface area contributed by atoms with Crippen molar-refractivity contribution in [3.05, 3.63) is 33.6 Å². The third-order valence-electron chi connectivity index (χ3n) is 3.61. The minimum absolute atomic E-state index is 0.00369. The van der Waals surface area contributed by atoms with Crippen LogP contribution in [0.1, 0.15) is 36.0 Å². The van der Waals surface area contributed by atoms with Crippen LogP contribution in [0.4, 0.5) is 4.39 Å². The van der Waals surface area contributed by atoms with Crippen molar-refractivity contribution >= 4 is 35.1 Å². The Morgan fingerprint density at radius 1 is 1.24 bits per heavy atom. The number of carbonyl (C=O) groups is 2. The summed E-state index contributed by atoms with van der Waals surface area (Å²) in [5.74, 6) is -2.56. The zero-order chi connectivity index (χ0) is 15.6. The molecule has 2 rings (SSSR count). The number of carbonyl (C=O) groups excluding carboxylic acids is 1. The largest absolute Gasteiger partial charge is 0.481 e. The summed E-state index contributed by atoms with van der Waals surface area (Å²) in [6.45, 7) is 0. The molecule has 1 aliphatic carbocycles. The first kappa shape index (κ1) is 16.0. The highest BCUT2D eigenvalue weighted by atomic mass is 35.5. The molecule has 2 atom stereocenters. The van der Waals surface area contributed by atoms with E-state index in [1.165, 1.54) is 6.07 Å². The quantitative estimate of drug-likeness (QED) is 0.832. The third-order valence-corrected chi connectivity index (χ3v) is 4.22. The van der Waals surface area contributed by atoms with Gasteiger partial charge in [-0.05, 0) is 31.4 Å². The molecular weight excluding hydrogens is 320 g/mol. The number of halogens is 3. The Morgan fingerprint density at radius 3 is 2.62 bits per heavy atom. The van der Waals surface area contributed by atoms with Gasteiger partial charge in [-0.1, -0.05) is 29.6 Å². The molecule has 0 bridgehead atoms. The standard InChI is InChI=1S/C14H14Cl2FNO3/c15-10-6-11(16)12(17)5-9(10)13(19)18-8-3-1-2-7(4-8)14(20)21/h5-8H,1-4H2,(H,18,19)(H,20,21). The van der Waals surface area contributed by atoms with Crippen LogP contribution in [-0.2, 0) is 4.79 Å². The molecule has 1 saturated carbocycles. The second-order valence-corrected chi connectivity index (χ2v) is 5.93. The predicted octanol–water partition coefficient (Wildman–Crippen LogP) is 3.51. The molecule has 0 heterocycles. The molecule has 1 amide bonds. The number of hydrogen-bond acceptors (Lipinski definition) is 2. The molecule has 1 aromatic rings. The van der Waals surface area contributed by atoms with Crippen molar-refractivity contribution in [2.24, 2.45) is 5.92 Å². The fourth-order valence-electron chi connectivity index (χ4n) is 2.50. The normalized spacial score (nSPS) is 21.9. The summed E-state index contributed by atoms with van der Waals surface area (Å²) >= 11 is 11.5. The molecule has 2 unspecified atom stereocenters. The minimum atomic E-state index is -0.857. The number of carboxylic acids is 1. The van der Waals surface area contributed by atoms with Gasteiger partial charge in [0.25, 0.3) is 5.91 Å². The van der Waals surface area contributed by atoms with Gasteiger partial charge in [0, 0.05) is 6.04 Å². The molecule has 0 aliphatic heterocycles. The molecule has 0 saturated heterocycles. The number of hydrogen-bond donors (Lipinski definition) is 2. The van der Waals surface area contributed by atoms with Gasteiger partial charge in [-0.25, -0.2) is 4.39 Å². The SMILES string of the molecule is O=C(NC1CCCC(C(=O)O)C1)c1cc(F)c(Cl)cc1Cl. The van der Waals surface area contributed by atoms with Crippen LogP contribution in [0.5, 0.6) is 0 Å². The van der Waals surface area contributed by atoms with E-state index < -0.39 is 23.6 Å². The Bertz CT molecular complexity index is 580. The summed E-state index contributed by atoms with van der Waals surface area (Å²) in [7, 11) is 0. The second kappa shape index (κ2) is 6.62. The summed E-state index contributed by atoms with van der Waals surface area (Å²) in [5, 5.41) is 11.6. The van der Waals surface area contributed by atoms with E-state index in [0.717, 1.165) is 12.5 Å². The van der Waals surface area contributed by atoms with Crippen LogP contribution in [0.2, 0.25) is 10.0 Å². The second-order valence-electron chi connectivity index (χ2n) is 5.12. The zero-order valence-corrected chi connectivity index (χ0v) is 12.5. The smallest absolute Gasteiger partial charge is 0.306 e. The van der Waals surface area contributed by atoms with Crippen LogP contribution in [-0.4, -0.2) is 23.0 Å². The molecule has 0 aromatic heterocycles. The zero-order valence-electron chi connectivity index (χ0n) is 11.0. The Labute approximate surface area is 131 Å². The van der Waals surface area contributed by atoms with Gasteiger partial charge in [-0.15, -0.1) is 0 Å². The average Bonchev–Trinajstić information content (AvgIpc) is 2.43. The first-order valence-electron chi connectivity index (χ1n) is 6.56. The van der Waals surface area contributed by atoms with E-state index in [9.17, 15) is 14.0 Å². The van der Waals surface area contributed by atoms with Gasteiger partial charge >= 0.3 is 5.97 Å². The van der Waals surface area contributed by atoms with Crippen molar-refractivity contribution in [1.82, 2.24) is 5.32 Å². The van der Waals surface area contributed by atoms with E-state index in [-0.39, 0.29) is 21.7 Å². The van der Waals surface area contributed by atoms with Gasteiger partial charge in [0.2, 0.25) is 0 Å². The lowest BCUT2D eigenvalue weighted by Crippen LogP contribution is -2.40. The Morgan fingerprint density at radius 2 is 1.95 bits per heavy atom. The monoisotopic (exact) mass is 333 g/mol. The van der Waals surface area contributed by atoms with Crippen LogP contribution in [0.15, 0.2) is 12.1 Å². The van der Waals surface area contributed by atoms with Crippen LogP contribution >= 0.6 is 23.2 Å². The van der Waals surface area contributed by atoms with E-state index in [0.29, 0.717) is 19.3 Å². The first-order valence-corrected chi connectivity index (χ1v) is 7.32. The van der Waals surface area contributed by atoms with E-state index in [4.69, 9.17) is 28.3 Å². The van der Waals surface area contributed by atoms with Crippen LogP contribution in [0.25, 0.3) is 0 Å². The van der Waals surface area contributed by atoms with E-state index in [2.05, 4.69) is 5.32 Å². The molecule has 1 aromatic carbocycles.